The predicted octanol–water partition coefficient (Wildman–Crippen LogP) is 2.23. The van der Waals surface area contributed by atoms with Crippen molar-refractivity contribution < 1.29 is 5.11 Å². The van der Waals surface area contributed by atoms with Crippen molar-refractivity contribution in [3.05, 3.63) is 23.9 Å². The fourth-order valence-electron chi connectivity index (χ4n) is 2.97. The molecule has 0 unspecified atom stereocenters. The first-order chi connectivity index (χ1) is 9.24. The lowest BCUT2D eigenvalue weighted by atomic mass is 9.93. The number of aliphatic hydroxyl groups is 1. The van der Waals surface area contributed by atoms with Gasteiger partial charge in [0.2, 0.25) is 0 Å². The van der Waals surface area contributed by atoms with Crippen molar-refractivity contribution in [3.8, 4) is 0 Å². The van der Waals surface area contributed by atoms with Crippen LogP contribution >= 0.6 is 0 Å². The van der Waals surface area contributed by atoms with Crippen molar-refractivity contribution in [2.24, 2.45) is 5.73 Å². The molecule has 0 saturated heterocycles. The minimum absolute atomic E-state index is 0.0338. The highest BCUT2D eigenvalue weighted by atomic mass is 16.3. The molecule has 4 nitrogen and oxygen atoms in total. The van der Waals surface area contributed by atoms with Crippen LogP contribution in [0, 0.1) is 0 Å². The molecule has 3 N–H and O–H groups in total. The van der Waals surface area contributed by atoms with Crippen LogP contribution in [0.1, 0.15) is 50.6 Å². The molecular weight excluding hydrogens is 238 g/mol. The third-order valence-corrected chi connectivity index (χ3v) is 3.94. The van der Waals surface area contributed by atoms with Gasteiger partial charge < -0.3 is 15.7 Å². The quantitative estimate of drug-likeness (QED) is 0.855. The maximum atomic E-state index is 9.36. The van der Waals surface area contributed by atoms with Crippen molar-refractivity contribution in [1.82, 2.24) is 4.98 Å². The van der Waals surface area contributed by atoms with Gasteiger partial charge in [0, 0.05) is 30.4 Å². The number of rotatable bonds is 5. The number of hydrogen-bond acceptors (Lipinski definition) is 4. The average Bonchev–Trinajstić information content (AvgIpc) is 2.45. The van der Waals surface area contributed by atoms with Gasteiger partial charge >= 0.3 is 0 Å². The predicted molar refractivity (Wildman–Crippen MR) is 78.1 cm³/mol. The number of aromatic nitrogens is 1. The zero-order chi connectivity index (χ0) is 13.7. The number of nitrogens with two attached hydrogens (primary N) is 1. The van der Waals surface area contributed by atoms with Crippen molar-refractivity contribution in [3.63, 3.8) is 0 Å². The third kappa shape index (κ3) is 3.45. The molecule has 0 amide bonds. The number of anilines is 1. The van der Waals surface area contributed by atoms with Gasteiger partial charge in [-0.15, -0.1) is 0 Å². The summed E-state index contributed by atoms with van der Waals surface area (Å²) in [5, 5.41) is 9.36. The highest BCUT2D eigenvalue weighted by Crippen LogP contribution is 2.29. The summed E-state index contributed by atoms with van der Waals surface area (Å²) < 4.78 is 0. The van der Waals surface area contributed by atoms with Crippen LogP contribution in [0.25, 0.3) is 0 Å². The molecule has 2 rings (SSSR count). The Morgan fingerprint density at radius 3 is 2.79 bits per heavy atom. The first-order valence-corrected chi connectivity index (χ1v) is 7.32. The molecule has 1 atom stereocenters. The van der Waals surface area contributed by atoms with E-state index in [4.69, 9.17) is 5.73 Å². The summed E-state index contributed by atoms with van der Waals surface area (Å²) in [5.74, 6) is 0.957. The largest absolute Gasteiger partial charge is 0.395 e. The lowest BCUT2D eigenvalue weighted by Gasteiger charge is -2.36. The summed E-state index contributed by atoms with van der Waals surface area (Å²) in [6.45, 7) is 2.78. The fourth-order valence-corrected chi connectivity index (χ4v) is 2.97. The monoisotopic (exact) mass is 263 g/mol. The molecule has 0 aliphatic heterocycles. The molecule has 1 heterocycles. The zero-order valence-corrected chi connectivity index (χ0v) is 11.8. The van der Waals surface area contributed by atoms with E-state index in [1.165, 1.54) is 32.1 Å². The molecule has 19 heavy (non-hydrogen) atoms. The summed E-state index contributed by atoms with van der Waals surface area (Å²) in [6.07, 6.45) is 8.06. The van der Waals surface area contributed by atoms with Gasteiger partial charge in [0.15, 0.2) is 0 Å². The Morgan fingerprint density at radius 1 is 1.42 bits per heavy atom. The molecule has 1 aromatic rings. The van der Waals surface area contributed by atoms with Crippen LogP contribution < -0.4 is 10.6 Å². The SMILES string of the molecule is C[C@H](N)c1cccnc1N(CCO)C1CCCCC1. The molecule has 1 aliphatic carbocycles. The molecule has 0 bridgehead atoms. The molecule has 0 aromatic carbocycles. The third-order valence-electron chi connectivity index (χ3n) is 3.94. The van der Waals surface area contributed by atoms with Gasteiger partial charge in [-0.1, -0.05) is 25.3 Å². The van der Waals surface area contributed by atoms with E-state index in [-0.39, 0.29) is 12.6 Å². The van der Waals surface area contributed by atoms with Gasteiger partial charge in [0.1, 0.15) is 5.82 Å². The Bertz CT molecular complexity index is 389. The molecule has 1 saturated carbocycles. The Hall–Kier alpha value is -1.13. The Morgan fingerprint density at radius 2 is 2.16 bits per heavy atom. The van der Waals surface area contributed by atoms with Crippen LogP contribution in [0.15, 0.2) is 18.3 Å². The first kappa shape index (κ1) is 14.3. The highest BCUT2D eigenvalue weighted by Gasteiger charge is 2.24. The molecule has 4 heteroatoms. The second-order valence-corrected chi connectivity index (χ2v) is 5.41. The van der Waals surface area contributed by atoms with E-state index in [0.717, 1.165) is 11.4 Å². The van der Waals surface area contributed by atoms with Gasteiger partial charge in [0.05, 0.1) is 6.61 Å². The molecule has 0 radical (unpaired) electrons. The Kier molecular flexibility index (Phi) is 5.16. The lowest BCUT2D eigenvalue weighted by Crippen LogP contribution is -2.40. The van der Waals surface area contributed by atoms with Crippen molar-refractivity contribution in [1.29, 1.82) is 0 Å². The van der Waals surface area contributed by atoms with Crippen LogP contribution in [-0.2, 0) is 0 Å². The smallest absolute Gasteiger partial charge is 0.133 e. The number of pyridine rings is 1. The van der Waals surface area contributed by atoms with Crippen LogP contribution in [0.5, 0.6) is 0 Å². The summed E-state index contributed by atoms with van der Waals surface area (Å²) in [5.41, 5.74) is 7.12. The van der Waals surface area contributed by atoms with E-state index >= 15 is 0 Å². The van der Waals surface area contributed by atoms with Gasteiger partial charge in [-0.2, -0.15) is 0 Å². The minimum atomic E-state index is -0.0338. The Labute approximate surface area is 115 Å². The van der Waals surface area contributed by atoms with Crippen molar-refractivity contribution in [2.45, 2.75) is 51.1 Å². The fraction of sp³-hybridized carbons (Fsp3) is 0.667. The number of hydrogen-bond donors (Lipinski definition) is 2. The molecule has 106 valence electrons. The summed E-state index contributed by atoms with van der Waals surface area (Å²) in [7, 11) is 0. The van der Waals surface area contributed by atoms with Crippen LogP contribution in [-0.4, -0.2) is 29.3 Å². The second-order valence-electron chi connectivity index (χ2n) is 5.41. The standard InChI is InChI=1S/C15H25N3O/c1-12(16)14-8-5-9-17-15(14)18(10-11-19)13-6-3-2-4-7-13/h5,8-9,12-13,19H,2-4,6-7,10-11,16H2,1H3/t12-/m0/s1. The summed E-state index contributed by atoms with van der Waals surface area (Å²) in [4.78, 5) is 6.79. The molecule has 1 aliphatic rings. The van der Waals surface area contributed by atoms with E-state index in [0.29, 0.717) is 12.6 Å². The zero-order valence-electron chi connectivity index (χ0n) is 11.8. The van der Waals surface area contributed by atoms with Gasteiger partial charge in [0.25, 0.3) is 0 Å². The summed E-state index contributed by atoms with van der Waals surface area (Å²) in [6, 6.07) is 4.43. The van der Waals surface area contributed by atoms with Crippen LogP contribution in [0.3, 0.4) is 0 Å². The minimum Gasteiger partial charge on any atom is -0.395 e. The van der Waals surface area contributed by atoms with Crippen molar-refractivity contribution >= 4 is 5.82 Å². The van der Waals surface area contributed by atoms with E-state index in [9.17, 15) is 5.11 Å². The highest BCUT2D eigenvalue weighted by molar-refractivity contribution is 5.49. The normalized spacial score (nSPS) is 18.3. The molecule has 0 spiro atoms. The van der Waals surface area contributed by atoms with Gasteiger partial charge in [-0.3, -0.25) is 0 Å². The van der Waals surface area contributed by atoms with E-state index in [2.05, 4.69) is 9.88 Å². The molecule has 1 aromatic heterocycles. The first-order valence-electron chi connectivity index (χ1n) is 7.32. The van der Waals surface area contributed by atoms with Crippen molar-refractivity contribution in [2.75, 3.05) is 18.1 Å². The molecule has 1 fully saturated rings. The topological polar surface area (TPSA) is 62.4 Å². The van der Waals surface area contributed by atoms with Gasteiger partial charge in [-0.25, -0.2) is 4.98 Å². The maximum Gasteiger partial charge on any atom is 0.133 e. The Balaban J connectivity index is 2.27. The van der Waals surface area contributed by atoms with E-state index < -0.39 is 0 Å². The summed E-state index contributed by atoms with van der Waals surface area (Å²) >= 11 is 0. The van der Waals surface area contributed by atoms with E-state index in [1.54, 1.807) is 0 Å². The number of aliphatic hydroxyl groups excluding tert-OH is 1. The van der Waals surface area contributed by atoms with E-state index in [1.807, 2.05) is 25.3 Å². The van der Waals surface area contributed by atoms with Gasteiger partial charge in [-0.05, 0) is 25.8 Å². The maximum absolute atomic E-state index is 9.36. The van der Waals surface area contributed by atoms with Crippen LogP contribution in [0.4, 0.5) is 5.82 Å². The van der Waals surface area contributed by atoms with Crippen LogP contribution in [0.2, 0.25) is 0 Å². The lowest BCUT2D eigenvalue weighted by molar-refractivity contribution is 0.289. The molecular formula is C15H25N3O. The number of nitrogens with zero attached hydrogens (tertiary/aromatic N) is 2. The second kappa shape index (κ2) is 6.87. The average molecular weight is 263 g/mol.